The zero-order chi connectivity index (χ0) is 19.2. The van der Waals surface area contributed by atoms with Gasteiger partial charge in [0.2, 0.25) is 5.91 Å². The Morgan fingerprint density at radius 2 is 1.89 bits per heavy atom. The molecule has 0 saturated heterocycles. The van der Waals surface area contributed by atoms with E-state index in [4.69, 9.17) is 4.84 Å². The first-order chi connectivity index (χ1) is 13.0. The molecule has 0 fully saturated rings. The second kappa shape index (κ2) is 8.80. The summed E-state index contributed by atoms with van der Waals surface area (Å²) in [6.45, 7) is 4.63. The highest BCUT2D eigenvalue weighted by atomic mass is 19.1. The molecule has 2 aromatic rings. The molecule has 27 heavy (non-hydrogen) atoms. The highest BCUT2D eigenvalue weighted by Gasteiger charge is 2.27. The largest absolute Gasteiger partial charge is 0.390 e. The average molecular weight is 368 g/mol. The molecule has 2 aromatic carbocycles. The number of nitrogens with zero attached hydrogens (tertiary/aromatic N) is 2. The van der Waals surface area contributed by atoms with Crippen LogP contribution in [0.5, 0.6) is 0 Å². The lowest BCUT2D eigenvalue weighted by Crippen LogP contribution is -2.38. The molecule has 1 atom stereocenters. The number of halogens is 1. The topological polar surface area (TPSA) is 41.9 Å². The molecule has 0 saturated carbocycles. The summed E-state index contributed by atoms with van der Waals surface area (Å²) in [5, 5.41) is 4.19. The summed E-state index contributed by atoms with van der Waals surface area (Å²) in [6, 6.07) is 16.4. The van der Waals surface area contributed by atoms with E-state index in [9.17, 15) is 9.18 Å². The molecule has 1 amide bonds. The minimum atomic E-state index is -0.298. The van der Waals surface area contributed by atoms with E-state index in [1.54, 1.807) is 23.1 Å². The lowest BCUT2D eigenvalue weighted by atomic mass is 10.0. The molecule has 0 N–H and O–H groups in total. The van der Waals surface area contributed by atoms with Gasteiger partial charge in [-0.05, 0) is 17.5 Å². The van der Waals surface area contributed by atoms with Gasteiger partial charge in [-0.1, -0.05) is 67.5 Å². The number of carbonyl (C=O) groups excluding carboxylic acids is 1. The van der Waals surface area contributed by atoms with E-state index in [2.05, 4.69) is 5.16 Å². The molecule has 0 spiro atoms. The third kappa shape index (κ3) is 5.16. The maximum atomic E-state index is 14.1. The fourth-order valence-electron chi connectivity index (χ4n) is 3.14. The van der Waals surface area contributed by atoms with Gasteiger partial charge in [-0.2, -0.15) is 0 Å². The summed E-state index contributed by atoms with van der Waals surface area (Å²) in [4.78, 5) is 20.0. The monoisotopic (exact) mass is 368 g/mol. The third-order valence-electron chi connectivity index (χ3n) is 4.52. The minimum Gasteiger partial charge on any atom is -0.390 e. The first-order valence-corrected chi connectivity index (χ1v) is 9.32. The van der Waals surface area contributed by atoms with Gasteiger partial charge in [0.05, 0.1) is 12.3 Å². The highest BCUT2D eigenvalue weighted by molar-refractivity contribution is 6.01. The fraction of sp³-hybridized carbons (Fsp3) is 0.364. The van der Waals surface area contributed by atoms with E-state index in [1.165, 1.54) is 6.07 Å². The summed E-state index contributed by atoms with van der Waals surface area (Å²) >= 11 is 0. The van der Waals surface area contributed by atoms with Crippen LogP contribution in [0.1, 0.15) is 37.8 Å². The molecule has 142 valence electrons. The van der Waals surface area contributed by atoms with E-state index in [0.29, 0.717) is 24.9 Å². The number of hydrogen-bond donors (Lipinski definition) is 0. The molecule has 0 bridgehead atoms. The lowest BCUT2D eigenvalue weighted by Gasteiger charge is -2.26. The van der Waals surface area contributed by atoms with E-state index < -0.39 is 0 Å². The van der Waals surface area contributed by atoms with Gasteiger partial charge in [0, 0.05) is 24.9 Å². The van der Waals surface area contributed by atoms with Crippen molar-refractivity contribution in [3.05, 3.63) is 71.5 Å². The number of oxime groups is 1. The van der Waals surface area contributed by atoms with Crippen molar-refractivity contribution >= 4 is 11.6 Å². The van der Waals surface area contributed by atoms with Gasteiger partial charge in [-0.3, -0.25) is 4.79 Å². The van der Waals surface area contributed by atoms with Crippen LogP contribution in [0.25, 0.3) is 0 Å². The number of rotatable bonds is 7. The Labute approximate surface area is 159 Å². The lowest BCUT2D eigenvalue weighted by molar-refractivity contribution is -0.134. The van der Waals surface area contributed by atoms with Crippen LogP contribution >= 0.6 is 0 Å². The van der Waals surface area contributed by atoms with Crippen molar-refractivity contribution in [2.75, 3.05) is 6.54 Å². The van der Waals surface area contributed by atoms with Crippen molar-refractivity contribution in [3.8, 4) is 0 Å². The minimum absolute atomic E-state index is 0.00464. The maximum Gasteiger partial charge on any atom is 0.223 e. The van der Waals surface area contributed by atoms with Crippen LogP contribution < -0.4 is 0 Å². The Balaban J connectivity index is 1.68. The Bertz CT molecular complexity index is 805. The third-order valence-corrected chi connectivity index (χ3v) is 4.52. The van der Waals surface area contributed by atoms with Crippen molar-refractivity contribution in [2.45, 2.75) is 39.3 Å². The zero-order valence-electron chi connectivity index (χ0n) is 15.8. The smallest absolute Gasteiger partial charge is 0.223 e. The molecule has 1 aliphatic heterocycles. The van der Waals surface area contributed by atoms with Gasteiger partial charge in [0.15, 0.2) is 6.10 Å². The second-order valence-corrected chi connectivity index (χ2v) is 7.30. The molecular weight excluding hydrogens is 343 g/mol. The Hall–Kier alpha value is -2.69. The predicted molar refractivity (Wildman–Crippen MR) is 104 cm³/mol. The highest BCUT2D eigenvalue weighted by Crippen LogP contribution is 2.20. The van der Waals surface area contributed by atoms with E-state index in [1.807, 2.05) is 44.2 Å². The van der Waals surface area contributed by atoms with Crippen LogP contribution in [-0.4, -0.2) is 29.2 Å². The molecule has 0 unspecified atom stereocenters. The Morgan fingerprint density at radius 1 is 1.19 bits per heavy atom. The SMILES string of the molecule is CC(C)CC(=O)N(Cc1ccccc1F)C[C@@H]1CC(c2ccccc2)=NO1. The molecule has 1 aliphatic rings. The van der Waals surface area contributed by atoms with Crippen LogP contribution in [0.4, 0.5) is 4.39 Å². The number of hydrogen-bond acceptors (Lipinski definition) is 3. The molecule has 0 aliphatic carbocycles. The van der Waals surface area contributed by atoms with Crippen LogP contribution in [0.2, 0.25) is 0 Å². The standard InChI is InChI=1S/C22H25FN2O2/c1-16(2)12-22(26)25(14-18-10-6-7-11-20(18)23)15-19-13-21(24-27-19)17-8-4-3-5-9-17/h3-11,16,19H,12-15H2,1-2H3/t19-/m0/s1. The summed E-state index contributed by atoms with van der Waals surface area (Å²) in [5.74, 6) is -0.0559. The van der Waals surface area contributed by atoms with Crippen molar-refractivity contribution in [2.24, 2.45) is 11.1 Å². The zero-order valence-corrected chi connectivity index (χ0v) is 15.8. The van der Waals surface area contributed by atoms with E-state index >= 15 is 0 Å². The van der Waals surface area contributed by atoms with Crippen molar-refractivity contribution < 1.29 is 14.0 Å². The summed E-state index contributed by atoms with van der Waals surface area (Å²) < 4.78 is 14.1. The van der Waals surface area contributed by atoms with Crippen LogP contribution in [-0.2, 0) is 16.2 Å². The number of amides is 1. The Morgan fingerprint density at radius 3 is 2.59 bits per heavy atom. The van der Waals surface area contributed by atoms with E-state index in [-0.39, 0.29) is 30.3 Å². The van der Waals surface area contributed by atoms with E-state index in [0.717, 1.165) is 11.3 Å². The molecule has 4 nitrogen and oxygen atoms in total. The Kier molecular flexibility index (Phi) is 6.22. The predicted octanol–water partition coefficient (Wildman–Crippen LogP) is 4.39. The first kappa shape index (κ1) is 19.1. The molecule has 3 rings (SSSR count). The normalized spacial score (nSPS) is 16.1. The molecule has 0 radical (unpaired) electrons. The average Bonchev–Trinajstić information content (AvgIpc) is 3.12. The molecule has 0 aromatic heterocycles. The van der Waals surface area contributed by atoms with Gasteiger partial charge in [0.25, 0.3) is 0 Å². The van der Waals surface area contributed by atoms with Gasteiger partial charge in [-0.25, -0.2) is 4.39 Å². The van der Waals surface area contributed by atoms with Gasteiger partial charge >= 0.3 is 0 Å². The summed E-state index contributed by atoms with van der Waals surface area (Å²) in [7, 11) is 0. The first-order valence-electron chi connectivity index (χ1n) is 9.32. The van der Waals surface area contributed by atoms with Crippen LogP contribution in [0.15, 0.2) is 59.8 Å². The molecular formula is C22H25FN2O2. The summed E-state index contributed by atoms with van der Waals surface area (Å²) in [5.41, 5.74) is 2.41. The fourth-order valence-corrected chi connectivity index (χ4v) is 3.14. The van der Waals surface area contributed by atoms with Crippen molar-refractivity contribution in [1.82, 2.24) is 4.90 Å². The van der Waals surface area contributed by atoms with Gasteiger partial charge < -0.3 is 9.74 Å². The van der Waals surface area contributed by atoms with Crippen molar-refractivity contribution in [1.29, 1.82) is 0 Å². The van der Waals surface area contributed by atoms with Gasteiger partial charge in [0.1, 0.15) is 5.82 Å². The molecule has 5 heteroatoms. The van der Waals surface area contributed by atoms with Crippen LogP contribution in [0, 0.1) is 11.7 Å². The maximum absolute atomic E-state index is 14.1. The van der Waals surface area contributed by atoms with Gasteiger partial charge in [-0.15, -0.1) is 0 Å². The summed E-state index contributed by atoms with van der Waals surface area (Å²) in [6.07, 6.45) is 0.837. The van der Waals surface area contributed by atoms with Crippen LogP contribution in [0.3, 0.4) is 0 Å². The number of carbonyl (C=O) groups is 1. The quantitative estimate of drug-likeness (QED) is 0.727. The van der Waals surface area contributed by atoms with Crippen molar-refractivity contribution in [3.63, 3.8) is 0 Å². The molecule has 1 heterocycles. The number of benzene rings is 2. The second-order valence-electron chi connectivity index (χ2n) is 7.30.